The van der Waals surface area contributed by atoms with Gasteiger partial charge in [-0.05, 0) is 36.5 Å². The molecule has 1 aliphatic carbocycles. The lowest BCUT2D eigenvalue weighted by molar-refractivity contribution is -0.132. The zero-order valence-corrected chi connectivity index (χ0v) is 17.8. The Morgan fingerprint density at radius 1 is 0.967 bits per heavy atom. The number of nitrogens with zero attached hydrogens (tertiary/aromatic N) is 2. The number of likely N-dealkylation sites (N-methyl/N-ethyl adjacent to an activating group) is 2. The van der Waals surface area contributed by atoms with E-state index in [0.29, 0.717) is 13.0 Å². The van der Waals surface area contributed by atoms with Gasteiger partial charge < -0.3 is 4.90 Å². The van der Waals surface area contributed by atoms with Crippen LogP contribution in [0, 0.1) is 5.41 Å². The van der Waals surface area contributed by atoms with E-state index in [4.69, 9.17) is 0 Å². The van der Waals surface area contributed by atoms with Crippen molar-refractivity contribution in [2.24, 2.45) is 5.41 Å². The number of carbonyl (C=O) groups excluding carboxylic acids is 2. The maximum atomic E-state index is 14.3. The molecule has 0 N–H and O–H groups in total. The van der Waals surface area contributed by atoms with Crippen molar-refractivity contribution in [1.29, 1.82) is 0 Å². The number of likely N-dealkylation sites (tertiary alicyclic amines) is 1. The molecule has 3 atom stereocenters. The molecule has 0 radical (unpaired) electrons. The number of ketones is 1. The highest BCUT2D eigenvalue weighted by Gasteiger charge is 2.75. The molecule has 0 saturated carbocycles. The van der Waals surface area contributed by atoms with Crippen LogP contribution in [0.15, 0.2) is 66.0 Å². The number of hydrogen-bond donors (Lipinski definition) is 0. The zero-order chi connectivity index (χ0) is 20.7. The van der Waals surface area contributed by atoms with Crippen molar-refractivity contribution in [1.82, 2.24) is 4.90 Å². The highest BCUT2D eigenvalue weighted by Crippen LogP contribution is 2.67. The molecule has 4 nitrogen and oxygen atoms in total. The summed E-state index contributed by atoms with van der Waals surface area (Å²) in [6, 6.07) is 20.1. The fourth-order valence-electron chi connectivity index (χ4n) is 6.41. The largest absolute Gasteiger partial charge is 0.313 e. The summed E-state index contributed by atoms with van der Waals surface area (Å²) in [6.45, 7) is 0.675. The third kappa shape index (κ3) is 1.82. The summed E-state index contributed by atoms with van der Waals surface area (Å²) in [5, 5.41) is 2.07. The quantitative estimate of drug-likeness (QED) is 0.603. The molecule has 1 fully saturated rings. The first-order valence-electron chi connectivity index (χ1n) is 10.3. The van der Waals surface area contributed by atoms with E-state index in [1.807, 2.05) is 62.6 Å². The number of thiophene rings is 1. The van der Waals surface area contributed by atoms with E-state index in [2.05, 4.69) is 22.4 Å². The molecule has 3 aliphatic rings. The number of amides is 1. The van der Waals surface area contributed by atoms with E-state index >= 15 is 0 Å². The van der Waals surface area contributed by atoms with Gasteiger partial charge in [-0.1, -0.05) is 48.5 Å². The number of carbonyl (C=O) groups is 2. The molecule has 3 heterocycles. The Kier molecular flexibility index (Phi) is 3.55. The highest BCUT2D eigenvalue weighted by molar-refractivity contribution is 7.10. The van der Waals surface area contributed by atoms with Crippen LogP contribution in [0.1, 0.15) is 32.3 Å². The minimum absolute atomic E-state index is 0.00594. The normalized spacial score (nSPS) is 29.9. The molecule has 2 spiro atoms. The maximum Gasteiger partial charge on any atom is 0.253 e. The first kappa shape index (κ1) is 18.0. The zero-order valence-electron chi connectivity index (χ0n) is 17.0. The Hall–Kier alpha value is -2.76. The van der Waals surface area contributed by atoms with Crippen LogP contribution >= 0.6 is 11.3 Å². The molecule has 3 aromatic rings. The molecule has 2 aromatic carbocycles. The minimum Gasteiger partial charge on any atom is -0.313 e. The third-order valence-electron chi connectivity index (χ3n) is 7.56. The summed E-state index contributed by atoms with van der Waals surface area (Å²) in [5.74, 6) is 0.0802. The van der Waals surface area contributed by atoms with E-state index in [-0.39, 0.29) is 17.6 Å². The van der Waals surface area contributed by atoms with Gasteiger partial charge in [-0.15, -0.1) is 11.3 Å². The summed E-state index contributed by atoms with van der Waals surface area (Å²) >= 11 is 1.69. The predicted octanol–water partition coefficient (Wildman–Crippen LogP) is 4.07. The summed E-state index contributed by atoms with van der Waals surface area (Å²) in [6.07, 6.45) is 0.586. The summed E-state index contributed by atoms with van der Waals surface area (Å²) < 4.78 is 0. The molecule has 1 aromatic heterocycles. The van der Waals surface area contributed by atoms with Crippen molar-refractivity contribution in [3.05, 3.63) is 87.6 Å². The van der Waals surface area contributed by atoms with Crippen LogP contribution in [-0.2, 0) is 16.8 Å². The number of benzene rings is 2. The number of hydrogen-bond acceptors (Lipinski definition) is 4. The van der Waals surface area contributed by atoms with Gasteiger partial charge in [-0.2, -0.15) is 0 Å². The second kappa shape index (κ2) is 5.90. The molecular weight excluding hydrogens is 392 g/mol. The SMILES string of the molecule is CN1C(=O)[C@@]2(c3ccccc31)N(C)C[C@@H](c1cccs1)[C@@]21Cc2ccccc2C1=O. The van der Waals surface area contributed by atoms with Gasteiger partial charge in [-0.25, -0.2) is 0 Å². The van der Waals surface area contributed by atoms with Crippen LogP contribution in [0.25, 0.3) is 0 Å². The van der Waals surface area contributed by atoms with Gasteiger partial charge in [0.25, 0.3) is 5.91 Å². The van der Waals surface area contributed by atoms with Gasteiger partial charge >= 0.3 is 0 Å². The van der Waals surface area contributed by atoms with Crippen LogP contribution in [0.2, 0.25) is 0 Å². The Balaban J connectivity index is 1.70. The lowest BCUT2D eigenvalue weighted by Gasteiger charge is -2.43. The molecule has 1 saturated heterocycles. The lowest BCUT2D eigenvalue weighted by Crippen LogP contribution is -2.59. The highest BCUT2D eigenvalue weighted by atomic mass is 32.1. The van der Waals surface area contributed by atoms with Crippen molar-refractivity contribution >= 4 is 28.7 Å². The summed E-state index contributed by atoms with van der Waals surface area (Å²) in [5.41, 5.74) is 1.84. The second-order valence-corrected chi connectivity index (χ2v) is 9.65. The first-order chi connectivity index (χ1) is 14.5. The van der Waals surface area contributed by atoms with Crippen molar-refractivity contribution < 1.29 is 9.59 Å². The third-order valence-corrected chi connectivity index (χ3v) is 8.55. The minimum atomic E-state index is -0.997. The van der Waals surface area contributed by atoms with Crippen LogP contribution < -0.4 is 4.90 Å². The van der Waals surface area contributed by atoms with Crippen LogP contribution in [0.5, 0.6) is 0 Å². The van der Waals surface area contributed by atoms with Gasteiger partial charge in [0.15, 0.2) is 5.78 Å². The number of para-hydroxylation sites is 1. The summed E-state index contributed by atoms with van der Waals surface area (Å²) in [4.78, 5) is 33.5. The predicted molar refractivity (Wildman–Crippen MR) is 118 cm³/mol. The first-order valence-corrected chi connectivity index (χ1v) is 11.2. The van der Waals surface area contributed by atoms with Gasteiger partial charge in [0.2, 0.25) is 0 Å². The van der Waals surface area contributed by atoms with Gasteiger partial charge in [0.05, 0.1) is 5.41 Å². The second-order valence-electron chi connectivity index (χ2n) is 8.67. The fourth-order valence-corrected chi connectivity index (χ4v) is 7.32. The lowest BCUT2D eigenvalue weighted by atomic mass is 9.60. The topological polar surface area (TPSA) is 40.6 Å². The molecule has 1 amide bonds. The average Bonchev–Trinajstić information content (AvgIpc) is 3.49. The van der Waals surface area contributed by atoms with Crippen molar-refractivity contribution in [3.63, 3.8) is 0 Å². The Bertz CT molecular complexity index is 1200. The number of anilines is 1. The van der Waals surface area contributed by atoms with Gasteiger partial charge in [0.1, 0.15) is 5.54 Å². The number of rotatable bonds is 1. The van der Waals surface area contributed by atoms with E-state index < -0.39 is 11.0 Å². The Labute approximate surface area is 179 Å². The molecule has 6 rings (SSSR count). The van der Waals surface area contributed by atoms with E-state index in [1.54, 1.807) is 16.2 Å². The molecule has 5 heteroatoms. The number of Topliss-reactive ketones (excluding diaryl/α,β-unsaturated/α-hetero) is 1. The smallest absolute Gasteiger partial charge is 0.253 e. The molecule has 0 bridgehead atoms. The summed E-state index contributed by atoms with van der Waals surface area (Å²) in [7, 11) is 3.85. The maximum absolute atomic E-state index is 14.3. The number of fused-ring (bicyclic) bond motifs is 4. The molecule has 30 heavy (non-hydrogen) atoms. The average molecular weight is 415 g/mol. The van der Waals surface area contributed by atoms with E-state index in [1.165, 1.54) is 4.88 Å². The van der Waals surface area contributed by atoms with Crippen LogP contribution in [0.4, 0.5) is 5.69 Å². The van der Waals surface area contributed by atoms with Gasteiger partial charge in [-0.3, -0.25) is 14.5 Å². The van der Waals surface area contributed by atoms with Gasteiger partial charge in [0, 0.05) is 41.2 Å². The molecule has 0 unspecified atom stereocenters. The molecule has 150 valence electrons. The Morgan fingerprint density at radius 2 is 1.73 bits per heavy atom. The van der Waals surface area contributed by atoms with Crippen molar-refractivity contribution in [3.8, 4) is 0 Å². The fraction of sp³-hybridized carbons (Fsp3) is 0.280. The monoisotopic (exact) mass is 414 g/mol. The van der Waals surface area contributed by atoms with Crippen LogP contribution in [0.3, 0.4) is 0 Å². The van der Waals surface area contributed by atoms with E-state index in [0.717, 1.165) is 22.4 Å². The Morgan fingerprint density at radius 3 is 2.50 bits per heavy atom. The molecular formula is C25H22N2O2S. The standard InChI is InChI=1S/C25H22N2O2S/c1-26-15-19(21-12-7-13-30-21)24(14-16-8-3-4-9-17(16)22(24)28)25(26)18-10-5-6-11-20(18)27(2)23(25)29/h3-13,19H,14-15H2,1-2H3/t19-,24+,25+/m0/s1. The van der Waals surface area contributed by atoms with Crippen LogP contribution in [-0.4, -0.2) is 37.2 Å². The van der Waals surface area contributed by atoms with E-state index in [9.17, 15) is 9.59 Å². The van der Waals surface area contributed by atoms with Crippen molar-refractivity contribution in [2.45, 2.75) is 17.9 Å². The van der Waals surface area contributed by atoms with Crippen molar-refractivity contribution in [2.75, 3.05) is 25.5 Å². The molecule has 2 aliphatic heterocycles.